The molecule has 3 heteroatoms. The Morgan fingerprint density at radius 3 is 2.50 bits per heavy atom. The Kier molecular flexibility index (Phi) is 6.61. The van der Waals surface area contributed by atoms with Crippen molar-refractivity contribution in [3.63, 3.8) is 0 Å². The van der Waals surface area contributed by atoms with Gasteiger partial charge in [0, 0.05) is 38.3 Å². The fourth-order valence-corrected chi connectivity index (χ4v) is 2.68. The van der Waals surface area contributed by atoms with Crippen LogP contribution in [0, 0.1) is 5.41 Å². The second-order valence-corrected chi connectivity index (χ2v) is 6.50. The van der Waals surface area contributed by atoms with Crippen LogP contribution in [-0.4, -0.2) is 49.8 Å². The Labute approximate surface area is 113 Å². The third-order valence-corrected chi connectivity index (χ3v) is 3.86. The summed E-state index contributed by atoms with van der Waals surface area (Å²) in [6.45, 7) is 16.5. The number of nitrogens with one attached hydrogen (secondary N) is 1. The van der Waals surface area contributed by atoms with E-state index in [0.29, 0.717) is 17.5 Å². The van der Waals surface area contributed by atoms with Gasteiger partial charge in [0.1, 0.15) is 0 Å². The SMILES string of the molecule is CCCOCCN1CC(CC)NCC1C(C)(C)C. The van der Waals surface area contributed by atoms with Crippen molar-refractivity contribution in [2.75, 3.05) is 32.8 Å². The molecule has 1 N–H and O–H groups in total. The third-order valence-electron chi connectivity index (χ3n) is 3.86. The van der Waals surface area contributed by atoms with Crippen molar-refractivity contribution in [1.29, 1.82) is 0 Å². The predicted molar refractivity (Wildman–Crippen MR) is 78.0 cm³/mol. The van der Waals surface area contributed by atoms with E-state index in [9.17, 15) is 0 Å². The number of ether oxygens (including phenoxy) is 1. The molecular formula is C15H32N2O. The summed E-state index contributed by atoms with van der Waals surface area (Å²) >= 11 is 0. The molecule has 0 radical (unpaired) electrons. The first-order chi connectivity index (χ1) is 8.49. The fourth-order valence-electron chi connectivity index (χ4n) is 2.68. The van der Waals surface area contributed by atoms with Crippen LogP contribution in [0.5, 0.6) is 0 Å². The van der Waals surface area contributed by atoms with Crippen molar-refractivity contribution in [3.05, 3.63) is 0 Å². The van der Waals surface area contributed by atoms with Crippen LogP contribution in [0.15, 0.2) is 0 Å². The molecule has 1 rings (SSSR count). The lowest BCUT2D eigenvalue weighted by Crippen LogP contribution is -2.60. The van der Waals surface area contributed by atoms with Gasteiger partial charge in [-0.2, -0.15) is 0 Å². The number of piperazine rings is 1. The summed E-state index contributed by atoms with van der Waals surface area (Å²) in [5.74, 6) is 0. The molecule has 0 aromatic heterocycles. The molecule has 1 aliphatic heterocycles. The lowest BCUT2D eigenvalue weighted by Gasteiger charge is -2.46. The van der Waals surface area contributed by atoms with Gasteiger partial charge in [0.05, 0.1) is 6.61 Å². The number of nitrogens with zero attached hydrogens (tertiary/aromatic N) is 1. The molecule has 3 nitrogen and oxygen atoms in total. The highest BCUT2D eigenvalue weighted by molar-refractivity contribution is 4.91. The van der Waals surface area contributed by atoms with E-state index < -0.39 is 0 Å². The molecule has 1 heterocycles. The van der Waals surface area contributed by atoms with Crippen molar-refractivity contribution in [2.24, 2.45) is 5.41 Å². The van der Waals surface area contributed by atoms with Crippen LogP contribution >= 0.6 is 0 Å². The van der Waals surface area contributed by atoms with Gasteiger partial charge in [-0.05, 0) is 18.3 Å². The van der Waals surface area contributed by atoms with Crippen LogP contribution in [0.25, 0.3) is 0 Å². The van der Waals surface area contributed by atoms with Gasteiger partial charge in [0.25, 0.3) is 0 Å². The van der Waals surface area contributed by atoms with Crippen LogP contribution < -0.4 is 5.32 Å². The zero-order chi connectivity index (χ0) is 13.6. The summed E-state index contributed by atoms with van der Waals surface area (Å²) in [5, 5.41) is 3.67. The summed E-state index contributed by atoms with van der Waals surface area (Å²) in [6, 6.07) is 1.26. The van der Waals surface area contributed by atoms with Gasteiger partial charge in [0.15, 0.2) is 0 Å². The Morgan fingerprint density at radius 1 is 1.22 bits per heavy atom. The van der Waals surface area contributed by atoms with E-state index in [2.05, 4.69) is 44.8 Å². The standard InChI is InChI=1S/C15H32N2O/c1-6-9-18-10-8-17-12-13(7-2)16-11-14(17)15(3,4)5/h13-14,16H,6-12H2,1-5H3. The summed E-state index contributed by atoms with van der Waals surface area (Å²) in [5.41, 5.74) is 0.330. The van der Waals surface area contributed by atoms with Crippen molar-refractivity contribution in [3.8, 4) is 0 Å². The second-order valence-electron chi connectivity index (χ2n) is 6.50. The minimum Gasteiger partial charge on any atom is -0.380 e. The predicted octanol–water partition coefficient (Wildman–Crippen LogP) is 2.51. The lowest BCUT2D eigenvalue weighted by atomic mass is 9.83. The normalized spacial score (nSPS) is 26.5. The Bertz CT molecular complexity index is 225. The van der Waals surface area contributed by atoms with Crippen LogP contribution in [0.1, 0.15) is 47.5 Å². The largest absolute Gasteiger partial charge is 0.380 e. The second kappa shape index (κ2) is 7.46. The summed E-state index contributed by atoms with van der Waals surface area (Å²) in [7, 11) is 0. The topological polar surface area (TPSA) is 24.5 Å². The molecule has 1 saturated heterocycles. The number of rotatable bonds is 6. The van der Waals surface area contributed by atoms with Gasteiger partial charge >= 0.3 is 0 Å². The first-order valence-electron chi connectivity index (χ1n) is 7.54. The van der Waals surface area contributed by atoms with Gasteiger partial charge in [-0.1, -0.05) is 34.6 Å². The zero-order valence-corrected chi connectivity index (χ0v) is 13.0. The van der Waals surface area contributed by atoms with Gasteiger partial charge < -0.3 is 10.1 Å². The monoisotopic (exact) mass is 256 g/mol. The molecule has 0 aromatic carbocycles. The molecule has 0 saturated carbocycles. The molecule has 2 unspecified atom stereocenters. The van der Waals surface area contributed by atoms with Crippen LogP contribution in [0.4, 0.5) is 0 Å². The average molecular weight is 256 g/mol. The van der Waals surface area contributed by atoms with E-state index in [1.54, 1.807) is 0 Å². The molecule has 18 heavy (non-hydrogen) atoms. The maximum Gasteiger partial charge on any atom is 0.0593 e. The Hall–Kier alpha value is -0.120. The number of hydrogen-bond acceptors (Lipinski definition) is 3. The average Bonchev–Trinajstić information content (AvgIpc) is 2.33. The number of hydrogen-bond donors (Lipinski definition) is 1. The highest BCUT2D eigenvalue weighted by Gasteiger charge is 2.34. The van der Waals surface area contributed by atoms with E-state index in [1.165, 1.54) is 6.42 Å². The maximum atomic E-state index is 5.65. The van der Waals surface area contributed by atoms with E-state index in [-0.39, 0.29) is 0 Å². The molecule has 108 valence electrons. The fraction of sp³-hybridized carbons (Fsp3) is 1.00. The molecule has 0 spiro atoms. The van der Waals surface area contributed by atoms with E-state index in [1.807, 2.05) is 0 Å². The van der Waals surface area contributed by atoms with E-state index >= 15 is 0 Å². The molecule has 0 aromatic rings. The summed E-state index contributed by atoms with van der Waals surface area (Å²) in [4.78, 5) is 2.63. The van der Waals surface area contributed by atoms with Gasteiger partial charge in [-0.3, -0.25) is 4.90 Å². The first-order valence-corrected chi connectivity index (χ1v) is 7.54. The molecule has 0 amide bonds. The van der Waals surface area contributed by atoms with Gasteiger partial charge in [0.2, 0.25) is 0 Å². The van der Waals surface area contributed by atoms with Crippen molar-refractivity contribution < 1.29 is 4.74 Å². The smallest absolute Gasteiger partial charge is 0.0593 e. The van der Waals surface area contributed by atoms with Crippen molar-refractivity contribution in [2.45, 2.75) is 59.5 Å². The highest BCUT2D eigenvalue weighted by atomic mass is 16.5. The molecular weight excluding hydrogens is 224 g/mol. The maximum absolute atomic E-state index is 5.65. The molecule has 1 fully saturated rings. The molecule has 0 aliphatic carbocycles. The zero-order valence-electron chi connectivity index (χ0n) is 13.0. The lowest BCUT2D eigenvalue weighted by molar-refractivity contribution is 0.0245. The Morgan fingerprint density at radius 2 is 1.94 bits per heavy atom. The third kappa shape index (κ3) is 4.87. The summed E-state index contributed by atoms with van der Waals surface area (Å²) < 4.78 is 5.65. The summed E-state index contributed by atoms with van der Waals surface area (Å²) in [6.07, 6.45) is 2.32. The quantitative estimate of drug-likeness (QED) is 0.739. The van der Waals surface area contributed by atoms with E-state index in [4.69, 9.17) is 4.74 Å². The minimum absolute atomic E-state index is 0.330. The van der Waals surface area contributed by atoms with E-state index in [0.717, 1.165) is 39.3 Å². The van der Waals surface area contributed by atoms with Gasteiger partial charge in [-0.15, -0.1) is 0 Å². The Balaban J connectivity index is 2.49. The van der Waals surface area contributed by atoms with Crippen LogP contribution in [0.2, 0.25) is 0 Å². The molecule has 1 aliphatic rings. The first kappa shape index (κ1) is 15.9. The molecule has 2 atom stereocenters. The van der Waals surface area contributed by atoms with Gasteiger partial charge in [-0.25, -0.2) is 0 Å². The van der Waals surface area contributed by atoms with Crippen LogP contribution in [0.3, 0.4) is 0 Å². The molecule has 0 bridgehead atoms. The van der Waals surface area contributed by atoms with Crippen molar-refractivity contribution in [1.82, 2.24) is 10.2 Å². The highest BCUT2D eigenvalue weighted by Crippen LogP contribution is 2.26. The van der Waals surface area contributed by atoms with Crippen LogP contribution in [-0.2, 0) is 4.74 Å². The van der Waals surface area contributed by atoms with Crippen molar-refractivity contribution >= 4 is 0 Å². The minimum atomic E-state index is 0.330.